The first-order chi connectivity index (χ1) is 13.6. The van der Waals surface area contributed by atoms with E-state index in [-0.39, 0.29) is 19.0 Å². The Morgan fingerprint density at radius 1 is 1.14 bits per heavy atom. The number of halogens is 1. The monoisotopic (exact) mass is 394 g/mol. The largest absolute Gasteiger partial charge is 0.422 e. The van der Waals surface area contributed by atoms with Gasteiger partial charge in [-0.1, -0.05) is 47.9 Å². The van der Waals surface area contributed by atoms with Crippen LogP contribution in [0.25, 0.3) is 11.0 Å². The zero-order chi connectivity index (χ0) is 19.9. The second-order valence-electron chi connectivity index (χ2n) is 6.28. The molecule has 1 N–H and O–H groups in total. The molecule has 0 aliphatic carbocycles. The number of nitrogens with zero attached hydrogens (tertiary/aromatic N) is 1. The second-order valence-corrected chi connectivity index (χ2v) is 6.72. The second kappa shape index (κ2) is 9.23. The number of nitrogens with one attached hydrogen (secondary N) is 1. The maximum Gasteiger partial charge on any atom is 0.341 e. The first-order valence-corrected chi connectivity index (χ1v) is 9.13. The molecular formula is C22H19ClN2O3. The van der Waals surface area contributed by atoms with E-state index in [1.165, 1.54) is 0 Å². The Morgan fingerprint density at radius 2 is 1.93 bits per heavy atom. The number of benzene rings is 2. The van der Waals surface area contributed by atoms with E-state index in [0.717, 1.165) is 5.56 Å². The van der Waals surface area contributed by atoms with Crippen LogP contribution in [-0.4, -0.2) is 23.9 Å². The van der Waals surface area contributed by atoms with Crippen molar-refractivity contribution in [2.45, 2.75) is 13.1 Å². The van der Waals surface area contributed by atoms with E-state index in [1.54, 1.807) is 29.2 Å². The smallest absolute Gasteiger partial charge is 0.341 e. The summed E-state index contributed by atoms with van der Waals surface area (Å²) in [6, 6.07) is 16.3. The van der Waals surface area contributed by atoms with Gasteiger partial charge in [-0.2, -0.15) is 0 Å². The van der Waals surface area contributed by atoms with Crippen LogP contribution >= 0.6 is 11.6 Å². The number of rotatable bonds is 7. The lowest BCUT2D eigenvalue weighted by Gasteiger charge is -2.23. The van der Waals surface area contributed by atoms with Crippen molar-refractivity contribution in [3.05, 3.63) is 81.2 Å². The predicted molar refractivity (Wildman–Crippen MR) is 110 cm³/mol. The van der Waals surface area contributed by atoms with Crippen LogP contribution in [0.4, 0.5) is 0 Å². The Kier molecular flexibility index (Phi) is 6.49. The van der Waals surface area contributed by atoms with Gasteiger partial charge >= 0.3 is 5.63 Å². The summed E-state index contributed by atoms with van der Waals surface area (Å²) in [5.74, 6) is 2.27. The van der Waals surface area contributed by atoms with Crippen molar-refractivity contribution in [2.75, 3.05) is 13.1 Å². The molecule has 0 spiro atoms. The minimum atomic E-state index is -0.475. The summed E-state index contributed by atoms with van der Waals surface area (Å²) in [6.07, 6.45) is 5.22. The topological polar surface area (TPSA) is 62.6 Å². The third kappa shape index (κ3) is 5.01. The average Bonchev–Trinajstić information content (AvgIpc) is 2.69. The maximum absolute atomic E-state index is 12.7. The van der Waals surface area contributed by atoms with Gasteiger partial charge in [0.15, 0.2) is 0 Å². The number of hydrogen-bond donors (Lipinski definition) is 1. The van der Waals surface area contributed by atoms with Crippen LogP contribution in [0.1, 0.15) is 11.1 Å². The van der Waals surface area contributed by atoms with Gasteiger partial charge in [0.25, 0.3) is 0 Å². The fraction of sp³-hybridized carbons (Fsp3) is 0.182. The molecule has 0 fully saturated rings. The normalized spacial score (nSPS) is 10.6. The molecular weight excluding hydrogens is 376 g/mol. The molecule has 0 aliphatic heterocycles. The zero-order valence-corrected chi connectivity index (χ0v) is 15.9. The van der Waals surface area contributed by atoms with Gasteiger partial charge in [0, 0.05) is 17.0 Å². The quantitative estimate of drug-likeness (QED) is 0.380. The molecule has 0 bridgehead atoms. The lowest BCUT2D eigenvalue weighted by atomic mass is 10.1. The van der Waals surface area contributed by atoms with Gasteiger partial charge in [0.2, 0.25) is 5.91 Å². The van der Waals surface area contributed by atoms with Gasteiger partial charge in [-0.3, -0.25) is 10.1 Å². The van der Waals surface area contributed by atoms with E-state index in [2.05, 4.69) is 11.2 Å². The molecule has 0 saturated carbocycles. The fourth-order valence-corrected chi connectivity index (χ4v) is 3.02. The van der Waals surface area contributed by atoms with Crippen LogP contribution in [0.3, 0.4) is 0 Å². The lowest BCUT2D eigenvalue weighted by molar-refractivity contribution is -0.131. The van der Waals surface area contributed by atoms with Crippen molar-refractivity contribution in [3.8, 4) is 12.3 Å². The Balaban J connectivity index is 1.88. The van der Waals surface area contributed by atoms with E-state index in [1.807, 2.05) is 30.3 Å². The number of hydrogen-bond acceptors (Lipinski definition) is 4. The maximum atomic E-state index is 12.7. The molecule has 0 aliphatic rings. The molecule has 28 heavy (non-hydrogen) atoms. The third-order valence-corrected chi connectivity index (χ3v) is 4.43. The van der Waals surface area contributed by atoms with Crippen LogP contribution in [0.2, 0.25) is 5.02 Å². The van der Waals surface area contributed by atoms with Crippen molar-refractivity contribution in [1.29, 1.82) is 0 Å². The highest BCUT2D eigenvalue weighted by atomic mass is 35.5. The highest BCUT2D eigenvalue weighted by Gasteiger charge is 2.17. The van der Waals surface area contributed by atoms with E-state index >= 15 is 0 Å². The van der Waals surface area contributed by atoms with Gasteiger partial charge in [-0.25, -0.2) is 4.79 Å². The first kappa shape index (κ1) is 19.7. The van der Waals surface area contributed by atoms with Gasteiger partial charge in [-0.15, -0.1) is 6.42 Å². The molecule has 5 nitrogen and oxygen atoms in total. The zero-order valence-electron chi connectivity index (χ0n) is 15.2. The number of amides is 1. The summed E-state index contributed by atoms with van der Waals surface area (Å²) in [5, 5.41) is 4.14. The molecule has 1 amide bonds. The molecule has 142 valence electrons. The van der Waals surface area contributed by atoms with Crippen LogP contribution in [0.15, 0.2) is 63.8 Å². The summed E-state index contributed by atoms with van der Waals surface area (Å²) in [7, 11) is 0. The standard InChI is InChI=1S/C22H19ClN2O3/c1-2-10-24-13-21(26)25(14-16-6-4-3-5-7-16)15-18-11-17-12-19(23)8-9-20(17)28-22(18)27/h1,3-9,11-12,24H,10,13-15H2. The molecule has 6 heteroatoms. The minimum Gasteiger partial charge on any atom is -0.422 e. The molecule has 1 heterocycles. The van der Waals surface area contributed by atoms with Crippen LogP contribution in [0.5, 0.6) is 0 Å². The molecule has 3 rings (SSSR count). The molecule has 0 atom stereocenters. The van der Waals surface area contributed by atoms with Crippen molar-refractivity contribution in [2.24, 2.45) is 0 Å². The summed E-state index contributed by atoms with van der Waals surface area (Å²) in [5.41, 5.74) is 1.32. The molecule has 2 aromatic carbocycles. The SMILES string of the molecule is C#CCNCC(=O)N(Cc1ccccc1)Cc1cc2cc(Cl)ccc2oc1=O. The summed E-state index contributed by atoms with van der Waals surface area (Å²) in [4.78, 5) is 26.7. The van der Waals surface area contributed by atoms with Crippen molar-refractivity contribution in [3.63, 3.8) is 0 Å². The fourth-order valence-electron chi connectivity index (χ4n) is 2.84. The van der Waals surface area contributed by atoms with Crippen LogP contribution < -0.4 is 10.9 Å². The summed E-state index contributed by atoms with van der Waals surface area (Å²) < 4.78 is 5.38. The molecule has 1 aromatic heterocycles. The number of fused-ring (bicyclic) bond motifs is 1. The van der Waals surface area contributed by atoms with E-state index in [0.29, 0.717) is 34.6 Å². The lowest BCUT2D eigenvalue weighted by Crippen LogP contribution is -2.38. The number of carbonyl (C=O) groups excluding carboxylic acids is 1. The third-order valence-electron chi connectivity index (χ3n) is 4.20. The Bertz CT molecular complexity index is 1070. The molecule has 0 saturated heterocycles. The predicted octanol–water partition coefficient (Wildman–Crippen LogP) is 3.20. The Morgan fingerprint density at radius 3 is 2.68 bits per heavy atom. The minimum absolute atomic E-state index is 0.0851. The van der Waals surface area contributed by atoms with Crippen molar-refractivity contribution >= 4 is 28.5 Å². The number of carbonyl (C=O) groups is 1. The van der Waals surface area contributed by atoms with Gasteiger partial charge < -0.3 is 9.32 Å². The van der Waals surface area contributed by atoms with Gasteiger partial charge in [-0.05, 0) is 29.8 Å². The van der Waals surface area contributed by atoms with Crippen molar-refractivity contribution in [1.82, 2.24) is 10.2 Å². The van der Waals surface area contributed by atoms with E-state index < -0.39 is 5.63 Å². The average molecular weight is 395 g/mol. The molecule has 0 unspecified atom stereocenters. The highest BCUT2D eigenvalue weighted by Crippen LogP contribution is 2.19. The van der Waals surface area contributed by atoms with Crippen molar-refractivity contribution < 1.29 is 9.21 Å². The van der Waals surface area contributed by atoms with E-state index in [9.17, 15) is 9.59 Å². The Labute approximate surface area is 167 Å². The van der Waals surface area contributed by atoms with Gasteiger partial charge in [0.1, 0.15) is 5.58 Å². The summed E-state index contributed by atoms with van der Waals surface area (Å²) >= 11 is 6.04. The van der Waals surface area contributed by atoms with Gasteiger partial charge in [0.05, 0.1) is 25.2 Å². The first-order valence-electron chi connectivity index (χ1n) is 8.75. The molecule has 3 aromatic rings. The summed E-state index contributed by atoms with van der Waals surface area (Å²) in [6.45, 7) is 0.865. The van der Waals surface area contributed by atoms with E-state index in [4.69, 9.17) is 22.4 Å². The molecule has 0 radical (unpaired) electrons. The van der Waals surface area contributed by atoms with Crippen LogP contribution in [0, 0.1) is 12.3 Å². The van der Waals surface area contributed by atoms with Crippen LogP contribution in [-0.2, 0) is 17.9 Å². The highest BCUT2D eigenvalue weighted by molar-refractivity contribution is 6.31. The number of terminal acetylenes is 1. The Hall–Kier alpha value is -3.07.